The molecule has 3 aliphatic rings. The summed E-state index contributed by atoms with van der Waals surface area (Å²) in [5.74, 6) is -0.245. The molecule has 7 nitrogen and oxygen atoms in total. The van der Waals surface area contributed by atoms with Crippen molar-refractivity contribution >= 4 is 11.8 Å². The van der Waals surface area contributed by atoms with Crippen LogP contribution in [0.5, 0.6) is 0 Å². The van der Waals surface area contributed by atoms with Gasteiger partial charge in [0.25, 0.3) is 5.91 Å². The van der Waals surface area contributed by atoms with Crippen LogP contribution in [0.15, 0.2) is 30.3 Å². The highest BCUT2D eigenvalue weighted by atomic mass is 16.5. The lowest BCUT2D eigenvalue weighted by molar-refractivity contribution is -0.162. The predicted octanol–water partition coefficient (Wildman–Crippen LogP) is 0.814. The van der Waals surface area contributed by atoms with Gasteiger partial charge in [-0.3, -0.25) is 14.5 Å². The van der Waals surface area contributed by atoms with E-state index in [2.05, 4.69) is 10.2 Å². The minimum Gasteiger partial charge on any atom is -0.379 e. The fourth-order valence-corrected chi connectivity index (χ4v) is 4.16. The zero-order chi connectivity index (χ0) is 19.6. The van der Waals surface area contributed by atoms with Crippen molar-refractivity contribution in [2.45, 2.75) is 25.0 Å². The van der Waals surface area contributed by atoms with Gasteiger partial charge in [-0.05, 0) is 18.4 Å². The van der Waals surface area contributed by atoms with Gasteiger partial charge in [0.1, 0.15) is 6.61 Å². The summed E-state index contributed by atoms with van der Waals surface area (Å²) < 4.78 is 11.1. The van der Waals surface area contributed by atoms with E-state index >= 15 is 0 Å². The van der Waals surface area contributed by atoms with E-state index in [0.717, 1.165) is 51.3 Å². The van der Waals surface area contributed by atoms with E-state index < -0.39 is 12.1 Å². The second kappa shape index (κ2) is 8.19. The molecule has 0 aromatic heterocycles. The van der Waals surface area contributed by atoms with Crippen molar-refractivity contribution in [1.29, 1.82) is 0 Å². The molecule has 0 radical (unpaired) electrons. The first-order valence-corrected chi connectivity index (χ1v) is 10.1. The minimum atomic E-state index is -0.690. The molecule has 0 bridgehead atoms. The van der Waals surface area contributed by atoms with Crippen LogP contribution in [0.2, 0.25) is 0 Å². The molecule has 1 saturated carbocycles. The molecule has 1 aromatic rings. The zero-order valence-corrected chi connectivity index (χ0v) is 16.4. The van der Waals surface area contributed by atoms with Crippen molar-refractivity contribution in [1.82, 2.24) is 15.1 Å². The summed E-state index contributed by atoms with van der Waals surface area (Å²) in [7, 11) is 1.74. The lowest BCUT2D eigenvalue weighted by atomic mass is 9.97. The lowest BCUT2D eigenvalue weighted by Gasteiger charge is -2.38. The van der Waals surface area contributed by atoms with Gasteiger partial charge in [-0.25, -0.2) is 0 Å². The molecular formula is C21H29N3O4. The van der Waals surface area contributed by atoms with Crippen LogP contribution in [0.4, 0.5) is 0 Å². The van der Waals surface area contributed by atoms with Crippen molar-refractivity contribution in [2.24, 2.45) is 5.41 Å². The number of carbonyl (C=O) groups is 2. The summed E-state index contributed by atoms with van der Waals surface area (Å²) in [5.41, 5.74) is 1.08. The van der Waals surface area contributed by atoms with Crippen molar-refractivity contribution in [3.8, 4) is 0 Å². The Labute approximate surface area is 166 Å². The average Bonchev–Trinajstić information content (AvgIpc) is 3.49. The van der Waals surface area contributed by atoms with Crippen LogP contribution in [0.25, 0.3) is 0 Å². The first-order valence-electron chi connectivity index (χ1n) is 10.1. The number of nitrogens with one attached hydrogen (secondary N) is 1. The van der Waals surface area contributed by atoms with Crippen LogP contribution in [0.3, 0.4) is 0 Å². The highest BCUT2D eigenvalue weighted by molar-refractivity contribution is 5.86. The molecule has 2 aliphatic heterocycles. The maximum absolute atomic E-state index is 13.0. The summed E-state index contributed by atoms with van der Waals surface area (Å²) in [6.07, 6.45) is 1.58. The molecule has 7 heteroatoms. The van der Waals surface area contributed by atoms with Gasteiger partial charge in [-0.15, -0.1) is 0 Å². The van der Waals surface area contributed by atoms with E-state index in [1.807, 2.05) is 30.3 Å². The molecule has 2 saturated heterocycles. The number of morpholine rings is 2. The van der Waals surface area contributed by atoms with Gasteiger partial charge in [-0.1, -0.05) is 30.3 Å². The van der Waals surface area contributed by atoms with E-state index in [9.17, 15) is 9.59 Å². The summed E-state index contributed by atoms with van der Waals surface area (Å²) >= 11 is 0. The van der Waals surface area contributed by atoms with E-state index in [1.54, 1.807) is 11.9 Å². The molecule has 28 heavy (non-hydrogen) atoms. The Morgan fingerprint density at radius 3 is 2.61 bits per heavy atom. The maximum atomic E-state index is 13.0. The van der Waals surface area contributed by atoms with Crippen LogP contribution < -0.4 is 5.32 Å². The summed E-state index contributed by atoms with van der Waals surface area (Å²) in [5, 5.41) is 3.12. The fourth-order valence-electron chi connectivity index (χ4n) is 4.16. The molecular weight excluding hydrogens is 358 g/mol. The van der Waals surface area contributed by atoms with Crippen LogP contribution in [-0.2, 0) is 19.1 Å². The first kappa shape index (κ1) is 19.4. The largest absolute Gasteiger partial charge is 0.379 e. The minimum absolute atomic E-state index is 0.0587. The molecule has 3 fully saturated rings. The average molecular weight is 387 g/mol. The van der Waals surface area contributed by atoms with E-state index in [1.165, 1.54) is 0 Å². The molecule has 0 spiro atoms. The second-order valence-electron chi connectivity index (χ2n) is 8.20. The molecule has 1 N–H and O–H groups in total. The third kappa shape index (κ3) is 4.21. The monoisotopic (exact) mass is 387 g/mol. The molecule has 4 rings (SSSR count). The summed E-state index contributed by atoms with van der Waals surface area (Å²) in [6, 6.07) is 9.22. The Bertz CT molecular complexity index is 701. The predicted molar refractivity (Wildman–Crippen MR) is 104 cm³/mol. The number of amides is 2. The topological polar surface area (TPSA) is 71.1 Å². The van der Waals surface area contributed by atoms with Gasteiger partial charge in [0.05, 0.1) is 19.3 Å². The third-order valence-corrected chi connectivity index (χ3v) is 6.14. The summed E-state index contributed by atoms with van der Waals surface area (Å²) in [4.78, 5) is 29.2. The van der Waals surface area contributed by atoms with Crippen molar-refractivity contribution < 1.29 is 19.1 Å². The van der Waals surface area contributed by atoms with Gasteiger partial charge in [0.15, 0.2) is 6.10 Å². The maximum Gasteiger partial charge on any atom is 0.251 e. The second-order valence-corrected chi connectivity index (χ2v) is 8.20. The van der Waals surface area contributed by atoms with E-state index in [4.69, 9.17) is 9.47 Å². The highest BCUT2D eigenvalue weighted by Crippen LogP contribution is 2.45. The number of benzene rings is 1. The molecule has 2 heterocycles. The molecule has 152 valence electrons. The van der Waals surface area contributed by atoms with Crippen LogP contribution >= 0.6 is 0 Å². The van der Waals surface area contributed by atoms with Gasteiger partial charge in [0, 0.05) is 38.6 Å². The lowest BCUT2D eigenvalue weighted by Crippen LogP contribution is -2.54. The number of hydrogen-bond donors (Lipinski definition) is 1. The van der Waals surface area contributed by atoms with Gasteiger partial charge in [-0.2, -0.15) is 0 Å². The number of likely N-dealkylation sites (N-methyl/N-ethyl adjacent to an activating group) is 1. The molecule has 1 aliphatic carbocycles. The molecule has 1 aromatic carbocycles. The number of ether oxygens (including phenoxy) is 2. The normalized spacial score (nSPS) is 27.5. The molecule has 2 unspecified atom stereocenters. The number of rotatable bonds is 6. The Kier molecular flexibility index (Phi) is 5.66. The van der Waals surface area contributed by atoms with Crippen molar-refractivity contribution in [3.05, 3.63) is 35.9 Å². The Hall–Kier alpha value is -1.96. The van der Waals surface area contributed by atoms with Crippen molar-refractivity contribution in [2.75, 3.05) is 53.0 Å². The Morgan fingerprint density at radius 1 is 1.21 bits per heavy atom. The van der Waals surface area contributed by atoms with Crippen LogP contribution in [-0.4, -0.2) is 80.8 Å². The van der Waals surface area contributed by atoms with Gasteiger partial charge >= 0.3 is 0 Å². The first-order chi connectivity index (χ1) is 13.6. The number of nitrogens with zero attached hydrogens (tertiary/aromatic N) is 2. The summed E-state index contributed by atoms with van der Waals surface area (Å²) in [6.45, 7) is 5.10. The SMILES string of the molecule is CN1C(=O)COC(C(=O)NCC2(CN3CCOCC3)CC2)C1c1ccccc1. The molecule has 2 atom stereocenters. The highest BCUT2D eigenvalue weighted by Gasteiger charge is 2.46. The zero-order valence-electron chi connectivity index (χ0n) is 16.4. The quantitative estimate of drug-likeness (QED) is 0.782. The van der Waals surface area contributed by atoms with Crippen LogP contribution in [0, 0.1) is 5.41 Å². The van der Waals surface area contributed by atoms with Gasteiger partial charge in [0.2, 0.25) is 5.91 Å². The smallest absolute Gasteiger partial charge is 0.251 e. The van der Waals surface area contributed by atoms with E-state index in [-0.39, 0.29) is 23.8 Å². The Morgan fingerprint density at radius 2 is 1.93 bits per heavy atom. The third-order valence-electron chi connectivity index (χ3n) is 6.14. The van der Waals surface area contributed by atoms with Gasteiger partial charge < -0.3 is 19.7 Å². The number of hydrogen-bond acceptors (Lipinski definition) is 5. The van der Waals surface area contributed by atoms with E-state index in [0.29, 0.717) is 6.54 Å². The van der Waals surface area contributed by atoms with Crippen molar-refractivity contribution in [3.63, 3.8) is 0 Å². The Balaban J connectivity index is 1.39. The fraction of sp³-hybridized carbons (Fsp3) is 0.619. The number of carbonyl (C=O) groups excluding carboxylic acids is 2. The standard InChI is InChI=1S/C21H29N3O4/c1-23-17(25)13-28-19(18(23)16-5-3-2-4-6-16)20(26)22-14-21(7-8-21)15-24-9-11-27-12-10-24/h2-6,18-19H,7-15H2,1H3,(H,22,26). The van der Waals surface area contributed by atoms with Crippen LogP contribution in [0.1, 0.15) is 24.4 Å². The molecule has 2 amide bonds.